The van der Waals surface area contributed by atoms with Crippen LogP contribution < -0.4 is 4.90 Å². The van der Waals surface area contributed by atoms with Crippen LogP contribution in [0.15, 0.2) is 46.9 Å². The van der Waals surface area contributed by atoms with Crippen LogP contribution in [-0.4, -0.2) is 5.91 Å². The number of amides is 1. The Kier molecular flexibility index (Phi) is 3.69. The smallest absolute Gasteiger partial charge is 0.245 e. The molecule has 102 valence electrons. The van der Waals surface area contributed by atoms with Crippen molar-refractivity contribution in [2.24, 2.45) is 0 Å². The summed E-state index contributed by atoms with van der Waals surface area (Å²) < 4.78 is 0.991. The zero-order valence-corrected chi connectivity index (χ0v) is 14.1. The maximum atomic E-state index is 12.4. The van der Waals surface area contributed by atoms with Crippen molar-refractivity contribution in [3.63, 3.8) is 0 Å². The van der Waals surface area contributed by atoms with E-state index in [9.17, 15) is 4.79 Å². The molecule has 1 amide bonds. The maximum Gasteiger partial charge on any atom is 0.245 e. The highest BCUT2D eigenvalue weighted by molar-refractivity contribution is 9.10. The SMILES string of the molecule is Cc1ccc(CN2C(=O)C(Br)c3cc(Br)ccc32)cc1. The number of rotatable bonds is 2. The Balaban J connectivity index is 1.95. The van der Waals surface area contributed by atoms with Crippen molar-refractivity contribution in [3.05, 3.63) is 63.6 Å². The molecule has 1 unspecified atom stereocenters. The third kappa shape index (κ3) is 2.42. The standard InChI is InChI=1S/C16H13Br2NO/c1-10-2-4-11(5-3-10)9-19-14-7-6-12(17)8-13(14)15(18)16(19)20/h2-8,15H,9H2,1H3. The van der Waals surface area contributed by atoms with Crippen molar-refractivity contribution in [3.8, 4) is 0 Å². The van der Waals surface area contributed by atoms with Gasteiger partial charge >= 0.3 is 0 Å². The summed E-state index contributed by atoms with van der Waals surface area (Å²) in [4.78, 5) is 14.0. The van der Waals surface area contributed by atoms with Gasteiger partial charge in [0, 0.05) is 15.7 Å². The number of aryl methyl sites for hydroxylation is 1. The van der Waals surface area contributed by atoms with Crippen molar-refractivity contribution in [1.29, 1.82) is 0 Å². The van der Waals surface area contributed by atoms with E-state index in [-0.39, 0.29) is 10.7 Å². The molecule has 0 bridgehead atoms. The van der Waals surface area contributed by atoms with E-state index in [1.165, 1.54) is 5.56 Å². The van der Waals surface area contributed by atoms with E-state index < -0.39 is 0 Å². The minimum absolute atomic E-state index is 0.0960. The van der Waals surface area contributed by atoms with Gasteiger partial charge in [-0.3, -0.25) is 4.79 Å². The Morgan fingerprint density at radius 2 is 1.85 bits per heavy atom. The molecule has 0 saturated heterocycles. The topological polar surface area (TPSA) is 20.3 Å². The lowest BCUT2D eigenvalue weighted by atomic mass is 10.1. The van der Waals surface area contributed by atoms with Gasteiger partial charge in [0.05, 0.1) is 6.54 Å². The second-order valence-electron chi connectivity index (χ2n) is 4.98. The third-order valence-corrected chi connectivity index (χ3v) is 4.88. The minimum Gasteiger partial charge on any atom is -0.306 e. The summed E-state index contributed by atoms with van der Waals surface area (Å²) in [5.74, 6) is 0.0960. The summed E-state index contributed by atoms with van der Waals surface area (Å²) in [5, 5.41) is 0. The average molecular weight is 395 g/mol. The molecule has 0 saturated carbocycles. The first-order chi connectivity index (χ1) is 9.56. The molecule has 4 heteroatoms. The van der Waals surface area contributed by atoms with Gasteiger partial charge < -0.3 is 4.90 Å². The van der Waals surface area contributed by atoms with Crippen LogP contribution >= 0.6 is 31.9 Å². The van der Waals surface area contributed by atoms with Crippen LogP contribution in [0.25, 0.3) is 0 Å². The molecule has 3 rings (SSSR count). The van der Waals surface area contributed by atoms with Crippen LogP contribution in [0.1, 0.15) is 21.5 Å². The summed E-state index contributed by atoms with van der Waals surface area (Å²) in [5.41, 5.74) is 4.38. The van der Waals surface area contributed by atoms with Crippen LogP contribution in [0.4, 0.5) is 5.69 Å². The summed E-state index contributed by atoms with van der Waals surface area (Å²) >= 11 is 6.95. The Morgan fingerprint density at radius 3 is 2.55 bits per heavy atom. The van der Waals surface area contributed by atoms with Crippen molar-refractivity contribution in [1.82, 2.24) is 0 Å². The number of carbonyl (C=O) groups excluding carboxylic acids is 1. The van der Waals surface area contributed by atoms with Gasteiger partial charge in [0.15, 0.2) is 0 Å². The minimum atomic E-state index is -0.250. The Morgan fingerprint density at radius 1 is 1.15 bits per heavy atom. The molecule has 1 heterocycles. The molecule has 1 atom stereocenters. The number of anilines is 1. The summed E-state index contributed by atoms with van der Waals surface area (Å²) in [6, 6.07) is 14.3. The molecule has 2 aromatic rings. The van der Waals surface area contributed by atoms with Crippen molar-refractivity contribution < 1.29 is 4.79 Å². The number of hydrogen-bond donors (Lipinski definition) is 0. The number of carbonyl (C=O) groups is 1. The van der Waals surface area contributed by atoms with E-state index in [1.807, 2.05) is 23.1 Å². The van der Waals surface area contributed by atoms with Gasteiger partial charge in [-0.15, -0.1) is 0 Å². The van der Waals surface area contributed by atoms with Gasteiger partial charge in [-0.25, -0.2) is 0 Å². The number of alkyl halides is 1. The molecule has 0 aliphatic carbocycles. The number of benzene rings is 2. The molecule has 1 aliphatic heterocycles. The second-order valence-corrected chi connectivity index (χ2v) is 6.81. The maximum absolute atomic E-state index is 12.4. The van der Waals surface area contributed by atoms with E-state index in [0.29, 0.717) is 6.54 Å². The van der Waals surface area contributed by atoms with E-state index in [4.69, 9.17) is 0 Å². The fraction of sp³-hybridized carbons (Fsp3) is 0.188. The van der Waals surface area contributed by atoms with Crippen molar-refractivity contribution in [2.75, 3.05) is 4.90 Å². The quantitative estimate of drug-likeness (QED) is 0.673. The molecule has 2 aromatic carbocycles. The summed E-state index contributed by atoms with van der Waals surface area (Å²) in [7, 11) is 0. The lowest BCUT2D eigenvalue weighted by Gasteiger charge is -2.17. The first-order valence-corrected chi connectivity index (χ1v) is 8.07. The predicted octanol–water partition coefficient (Wildman–Crippen LogP) is 4.74. The van der Waals surface area contributed by atoms with Gasteiger partial charge in [-0.2, -0.15) is 0 Å². The molecule has 0 radical (unpaired) electrons. The fourth-order valence-electron chi connectivity index (χ4n) is 2.40. The van der Waals surface area contributed by atoms with Gasteiger partial charge in [-0.05, 0) is 30.7 Å². The van der Waals surface area contributed by atoms with Crippen molar-refractivity contribution in [2.45, 2.75) is 18.3 Å². The Labute approximate surface area is 135 Å². The van der Waals surface area contributed by atoms with Crippen molar-refractivity contribution >= 4 is 43.5 Å². The molecule has 0 fully saturated rings. The van der Waals surface area contributed by atoms with Crippen LogP contribution in [0.2, 0.25) is 0 Å². The Hall–Kier alpha value is -1.13. The zero-order valence-electron chi connectivity index (χ0n) is 10.9. The van der Waals surface area contributed by atoms with Gasteiger partial charge in [0.1, 0.15) is 4.83 Å². The summed E-state index contributed by atoms with van der Waals surface area (Å²) in [6.07, 6.45) is 0. The van der Waals surface area contributed by atoms with E-state index in [0.717, 1.165) is 21.3 Å². The van der Waals surface area contributed by atoms with Gasteiger partial charge in [0.25, 0.3) is 0 Å². The number of halogens is 2. The molecule has 0 N–H and O–H groups in total. The average Bonchev–Trinajstić information content (AvgIpc) is 2.66. The van der Waals surface area contributed by atoms with E-state index in [1.54, 1.807) is 0 Å². The monoisotopic (exact) mass is 393 g/mol. The fourth-order valence-corrected chi connectivity index (χ4v) is 3.39. The van der Waals surface area contributed by atoms with Crippen LogP contribution in [0.3, 0.4) is 0 Å². The van der Waals surface area contributed by atoms with E-state index >= 15 is 0 Å². The highest BCUT2D eigenvalue weighted by atomic mass is 79.9. The molecule has 0 spiro atoms. The largest absolute Gasteiger partial charge is 0.306 e. The predicted molar refractivity (Wildman–Crippen MR) is 88.2 cm³/mol. The number of fused-ring (bicyclic) bond motifs is 1. The molecular formula is C16H13Br2NO. The second kappa shape index (κ2) is 5.34. The van der Waals surface area contributed by atoms with Gasteiger partial charge in [0.2, 0.25) is 5.91 Å². The molecule has 20 heavy (non-hydrogen) atoms. The number of hydrogen-bond acceptors (Lipinski definition) is 1. The van der Waals surface area contributed by atoms with Crippen LogP contribution in [0.5, 0.6) is 0 Å². The first-order valence-electron chi connectivity index (χ1n) is 6.37. The summed E-state index contributed by atoms with van der Waals surface area (Å²) in [6.45, 7) is 2.67. The highest BCUT2D eigenvalue weighted by Gasteiger charge is 2.35. The third-order valence-electron chi connectivity index (χ3n) is 3.50. The first kappa shape index (κ1) is 13.8. The zero-order chi connectivity index (χ0) is 14.3. The van der Waals surface area contributed by atoms with Gasteiger partial charge in [-0.1, -0.05) is 61.7 Å². The van der Waals surface area contributed by atoms with Crippen LogP contribution in [0, 0.1) is 6.92 Å². The highest BCUT2D eigenvalue weighted by Crippen LogP contribution is 2.42. The normalized spacial score (nSPS) is 17.4. The lowest BCUT2D eigenvalue weighted by Crippen LogP contribution is -2.26. The van der Waals surface area contributed by atoms with E-state index in [2.05, 4.69) is 63.0 Å². The molecule has 0 aromatic heterocycles. The Bertz CT molecular complexity index is 667. The molecule has 2 nitrogen and oxygen atoms in total. The number of nitrogens with zero attached hydrogens (tertiary/aromatic N) is 1. The van der Waals surface area contributed by atoms with Crippen LogP contribution in [-0.2, 0) is 11.3 Å². The molecule has 1 aliphatic rings. The lowest BCUT2D eigenvalue weighted by molar-refractivity contribution is -0.117. The molecular weight excluding hydrogens is 382 g/mol.